The van der Waals surface area contributed by atoms with Gasteiger partial charge in [0.1, 0.15) is 0 Å². The van der Waals surface area contributed by atoms with Crippen molar-refractivity contribution in [1.82, 2.24) is 4.98 Å². The lowest BCUT2D eigenvalue weighted by atomic mass is 10.3. The van der Waals surface area contributed by atoms with E-state index < -0.39 is 0 Å². The zero-order valence-electron chi connectivity index (χ0n) is 5.89. The van der Waals surface area contributed by atoms with Gasteiger partial charge in [-0.15, -0.1) is 11.8 Å². The summed E-state index contributed by atoms with van der Waals surface area (Å²) in [4.78, 5) is 5.07. The third-order valence-electron chi connectivity index (χ3n) is 1.24. The van der Waals surface area contributed by atoms with Crippen LogP contribution in [0.2, 0.25) is 5.02 Å². The van der Waals surface area contributed by atoms with Gasteiger partial charge in [0.25, 0.3) is 0 Å². The first-order valence-electron chi connectivity index (χ1n) is 2.90. The van der Waals surface area contributed by atoms with Crippen molar-refractivity contribution < 1.29 is 0 Å². The predicted octanol–water partition coefficient (Wildman–Crippen LogP) is 2.77. The van der Waals surface area contributed by atoms with Crippen LogP contribution in [-0.2, 0) is 0 Å². The molecular formula is C7H8ClNS. The molecule has 0 aromatic carbocycles. The largest absolute Gasteiger partial charge is 0.263 e. The molecule has 1 heterocycles. The Morgan fingerprint density at radius 3 is 2.60 bits per heavy atom. The smallest absolute Gasteiger partial charge is 0.0727 e. The second-order valence-electron chi connectivity index (χ2n) is 1.97. The molecule has 10 heavy (non-hydrogen) atoms. The molecule has 0 radical (unpaired) electrons. The van der Waals surface area contributed by atoms with Gasteiger partial charge in [-0.3, -0.25) is 4.98 Å². The monoisotopic (exact) mass is 173 g/mol. The van der Waals surface area contributed by atoms with Gasteiger partial charge in [-0.2, -0.15) is 0 Å². The molecule has 1 aromatic heterocycles. The highest BCUT2D eigenvalue weighted by atomic mass is 35.5. The fraction of sp³-hybridized carbons (Fsp3) is 0.286. The predicted molar refractivity (Wildman–Crippen MR) is 45.8 cm³/mol. The van der Waals surface area contributed by atoms with E-state index in [9.17, 15) is 0 Å². The third kappa shape index (κ3) is 1.44. The average molecular weight is 174 g/mol. The molecule has 0 aliphatic carbocycles. The zero-order chi connectivity index (χ0) is 7.56. The highest BCUT2D eigenvalue weighted by Gasteiger charge is 2.00. The van der Waals surface area contributed by atoms with E-state index in [0.717, 1.165) is 15.5 Å². The Balaban J connectivity index is 3.17. The second kappa shape index (κ2) is 3.26. The van der Waals surface area contributed by atoms with Crippen LogP contribution in [0.25, 0.3) is 0 Å². The van der Waals surface area contributed by atoms with Crippen LogP contribution >= 0.6 is 23.4 Å². The van der Waals surface area contributed by atoms with Crippen molar-refractivity contribution in [3.05, 3.63) is 23.0 Å². The van der Waals surface area contributed by atoms with Gasteiger partial charge in [-0.1, -0.05) is 11.6 Å². The van der Waals surface area contributed by atoms with Gasteiger partial charge < -0.3 is 0 Å². The van der Waals surface area contributed by atoms with Gasteiger partial charge in [0.15, 0.2) is 0 Å². The number of rotatable bonds is 1. The molecule has 1 aromatic rings. The minimum atomic E-state index is 0.743. The van der Waals surface area contributed by atoms with Crippen LogP contribution in [0.1, 0.15) is 5.56 Å². The van der Waals surface area contributed by atoms with Gasteiger partial charge >= 0.3 is 0 Å². The standard InChI is InChI=1S/C7H8ClNS/c1-5-3-9-4-6(8)7(5)10-2/h3-4H,1-2H3. The quantitative estimate of drug-likeness (QED) is 0.606. The lowest BCUT2D eigenvalue weighted by Crippen LogP contribution is -1.81. The van der Waals surface area contributed by atoms with Crippen molar-refractivity contribution in [2.75, 3.05) is 6.26 Å². The molecule has 0 aliphatic rings. The summed E-state index contributed by atoms with van der Waals surface area (Å²) in [5.41, 5.74) is 1.14. The number of halogens is 1. The fourth-order valence-electron chi connectivity index (χ4n) is 0.779. The van der Waals surface area contributed by atoms with Crippen molar-refractivity contribution in [3.63, 3.8) is 0 Å². The number of nitrogens with zero attached hydrogens (tertiary/aromatic N) is 1. The number of hydrogen-bond acceptors (Lipinski definition) is 2. The zero-order valence-corrected chi connectivity index (χ0v) is 7.46. The molecule has 0 unspecified atom stereocenters. The lowest BCUT2D eigenvalue weighted by Gasteiger charge is -2.01. The highest BCUT2D eigenvalue weighted by Crippen LogP contribution is 2.26. The van der Waals surface area contributed by atoms with Crippen LogP contribution in [-0.4, -0.2) is 11.2 Å². The van der Waals surface area contributed by atoms with E-state index in [2.05, 4.69) is 4.98 Å². The minimum absolute atomic E-state index is 0.743. The number of aromatic nitrogens is 1. The van der Waals surface area contributed by atoms with E-state index in [-0.39, 0.29) is 0 Å². The van der Waals surface area contributed by atoms with E-state index in [0.29, 0.717) is 0 Å². The van der Waals surface area contributed by atoms with Gasteiger partial charge in [0.2, 0.25) is 0 Å². The highest BCUT2D eigenvalue weighted by molar-refractivity contribution is 7.98. The van der Waals surface area contributed by atoms with Crippen molar-refractivity contribution >= 4 is 23.4 Å². The molecule has 54 valence electrons. The van der Waals surface area contributed by atoms with Crippen molar-refractivity contribution in [2.24, 2.45) is 0 Å². The first kappa shape index (κ1) is 7.89. The van der Waals surface area contributed by atoms with Gasteiger partial charge in [0.05, 0.1) is 5.02 Å². The van der Waals surface area contributed by atoms with E-state index in [4.69, 9.17) is 11.6 Å². The van der Waals surface area contributed by atoms with Gasteiger partial charge in [0, 0.05) is 17.3 Å². The summed E-state index contributed by atoms with van der Waals surface area (Å²) in [6.07, 6.45) is 5.49. The number of thioether (sulfide) groups is 1. The number of aryl methyl sites for hydroxylation is 1. The lowest BCUT2D eigenvalue weighted by molar-refractivity contribution is 1.19. The molecule has 3 heteroatoms. The Morgan fingerprint density at radius 2 is 2.20 bits per heavy atom. The Hall–Kier alpha value is -0.210. The SMILES string of the molecule is CSc1c(C)cncc1Cl. The molecule has 0 aliphatic heterocycles. The third-order valence-corrected chi connectivity index (χ3v) is 2.58. The molecule has 0 spiro atoms. The van der Waals surface area contributed by atoms with Crippen LogP contribution < -0.4 is 0 Å². The summed E-state index contributed by atoms with van der Waals surface area (Å²) in [5.74, 6) is 0. The maximum absolute atomic E-state index is 5.85. The Bertz CT molecular complexity index is 217. The van der Waals surface area contributed by atoms with Crippen LogP contribution in [0.15, 0.2) is 17.3 Å². The molecule has 0 atom stereocenters. The van der Waals surface area contributed by atoms with Gasteiger partial charge in [-0.25, -0.2) is 0 Å². The fourth-order valence-corrected chi connectivity index (χ4v) is 1.84. The summed E-state index contributed by atoms with van der Waals surface area (Å²) in [7, 11) is 0. The molecule has 0 amide bonds. The van der Waals surface area contributed by atoms with Crippen molar-refractivity contribution in [3.8, 4) is 0 Å². The molecule has 0 bridgehead atoms. The van der Waals surface area contributed by atoms with Crippen LogP contribution in [0.3, 0.4) is 0 Å². The van der Waals surface area contributed by atoms with E-state index in [1.165, 1.54) is 0 Å². The van der Waals surface area contributed by atoms with Gasteiger partial charge in [-0.05, 0) is 18.7 Å². The number of hydrogen-bond donors (Lipinski definition) is 0. The molecule has 1 nitrogen and oxygen atoms in total. The normalized spacial score (nSPS) is 9.90. The van der Waals surface area contributed by atoms with Crippen molar-refractivity contribution in [1.29, 1.82) is 0 Å². The Morgan fingerprint density at radius 1 is 1.50 bits per heavy atom. The molecule has 0 saturated carbocycles. The molecule has 0 saturated heterocycles. The first-order chi connectivity index (χ1) is 4.75. The second-order valence-corrected chi connectivity index (χ2v) is 3.20. The van der Waals surface area contributed by atoms with E-state index in [1.54, 1.807) is 18.0 Å². The van der Waals surface area contributed by atoms with Crippen LogP contribution in [0.4, 0.5) is 0 Å². The topological polar surface area (TPSA) is 12.9 Å². The summed E-state index contributed by atoms with van der Waals surface area (Å²) in [5, 5.41) is 0.743. The summed E-state index contributed by atoms with van der Waals surface area (Å²) < 4.78 is 0. The molecule has 0 N–H and O–H groups in total. The number of pyridine rings is 1. The summed E-state index contributed by atoms with van der Waals surface area (Å²) in [6, 6.07) is 0. The van der Waals surface area contributed by atoms with Crippen LogP contribution in [0, 0.1) is 6.92 Å². The van der Waals surface area contributed by atoms with E-state index >= 15 is 0 Å². The molecular weight excluding hydrogens is 166 g/mol. The maximum Gasteiger partial charge on any atom is 0.0727 e. The Kier molecular flexibility index (Phi) is 2.57. The summed E-state index contributed by atoms with van der Waals surface area (Å²) in [6.45, 7) is 2.00. The molecule has 0 fully saturated rings. The average Bonchev–Trinajstić information content (AvgIpc) is 1.88. The minimum Gasteiger partial charge on any atom is -0.263 e. The maximum atomic E-state index is 5.85. The first-order valence-corrected chi connectivity index (χ1v) is 4.50. The summed E-state index contributed by atoms with van der Waals surface area (Å²) >= 11 is 7.50. The Labute approximate surface area is 69.8 Å². The van der Waals surface area contributed by atoms with E-state index in [1.807, 2.05) is 19.4 Å². The van der Waals surface area contributed by atoms with Crippen LogP contribution in [0.5, 0.6) is 0 Å². The van der Waals surface area contributed by atoms with Crippen molar-refractivity contribution in [2.45, 2.75) is 11.8 Å². The molecule has 1 rings (SSSR count).